The van der Waals surface area contributed by atoms with Crippen LogP contribution >= 0.6 is 0 Å². The summed E-state index contributed by atoms with van der Waals surface area (Å²) in [5, 5.41) is 0. The predicted octanol–water partition coefficient (Wildman–Crippen LogP) is 2.00. The highest BCUT2D eigenvalue weighted by Gasteiger charge is 2.33. The number of hydrogen-bond donors (Lipinski definition) is 1. The average Bonchev–Trinajstić information content (AvgIpc) is 2.41. The summed E-state index contributed by atoms with van der Waals surface area (Å²) in [4.78, 5) is 2.65. The van der Waals surface area contributed by atoms with E-state index in [1.54, 1.807) is 0 Å². The smallest absolute Gasteiger partial charge is 0.0622 e. The molecule has 0 amide bonds. The fourth-order valence-electron chi connectivity index (χ4n) is 3.57. The van der Waals surface area contributed by atoms with Crippen LogP contribution in [0.4, 0.5) is 0 Å². The van der Waals surface area contributed by atoms with Gasteiger partial charge < -0.3 is 10.5 Å². The zero-order chi connectivity index (χ0) is 12.1. The monoisotopic (exact) mass is 240 g/mol. The Kier molecular flexibility index (Phi) is 5.26. The number of ether oxygens (including phenoxy) is 1. The molecule has 0 radical (unpaired) electrons. The molecule has 1 heterocycles. The van der Waals surface area contributed by atoms with E-state index < -0.39 is 0 Å². The Morgan fingerprint density at radius 3 is 2.71 bits per heavy atom. The topological polar surface area (TPSA) is 38.5 Å². The third-order valence-electron chi connectivity index (χ3n) is 4.61. The van der Waals surface area contributed by atoms with Crippen molar-refractivity contribution in [2.45, 2.75) is 57.5 Å². The fourth-order valence-corrected chi connectivity index (χ4v) is 3.57. The van der Waals surface area contributed by atoms with E-state index in [2.05, 4.69) is 11.8 Å². The largest absolute Gasteiger partial charge is 0.378 e. The van der Waals surface area contributed by atoms with Gasteiger partial charge in [0, 0.05) is 25.2 Å². The Labute approximate surface area is 106 Å². The second-order valence-electron chi connectivity index (χ2n) is 5.58. The lowest BCUT2D eigenvalue weighted by molar-refractivity contribution is -0.0438. The molecule has 1 aliphatic carbocycles. The Bertz CT molecular complexity index is 216. The predicted molar refractivity (Wildman–Crippen MR) is 71.0 cm³/mol. The van der Waals surface area contributed by atoms with E-state index in [1.807, 2.05) is 0 Å². The highest BCUT2D eigenvalue weighted by Crippen LogP contribution is 2.30. The van der Waals surface area contributed by atoms with Crippen molar-refractivity contribution < 1.29 is 4.74 Å². The highest BCUT2D eigenvalue weighted by molar-refractivity contribution is 4.87. The van der Waals surface area contributed by atoms with Gasteiger partial charge in [-0.15, -0.1) is 0 Å². The summed E-state index contributed by atoms with van der Waals surface area (Å²) in [6.45, 7) is 5.96. The van der Waals surface area contributed by atoms with Crippen molar-refractivity contribution in [1.29, 1.82) is 0 Å². The minimum Gasteiger partial charge on any atom is -0.378 e. The molecule has 3 heteroatoms. The summed E-state index contributed by atoms with van der Waals surface area (Å²) >= 11 is 0. The van der Waals surface area contributed by atoms with Crippen LogP contribution in [0.15, 0.2) is 0 Å². The van der Waals surface area contributed by atoms with E-state index in [-0.39, 0.29) is 0 Å². The molecule has 1 saturated heterocycles. The van der Waals surface area contributed by atoms with Gasteiger partial charge in [0.1, 0.15) is 0 Å². The summed E-state index contributed by atoms with van der Waals surface area (Å²) in [6.07, 6.45) is 8.19. The van der Waals surface area contributed by atoms with Gasteiger partial charge in [-0.3, -0.25) is 4.90 Å². The van der Waals surface area contributed by atoms with Crippen LogP contribution in [0.1, 0.15) is 45.4 Å². The van der Waals surface area contributed by atoms with Crippen molar-refractivity contribution in [3.63, 3.8) is 0 Å². The first-order chi connectivity index (χ1) is 8.36. The number of hydrogen-bond acceptors (Lipinski definition) is 3. The summed E-state index contributed by atoms with van der Waals surface area (Å²) in [5.74, 6) is 0.834. The van der Waals surface area contributed by atoms with Gasteiger partial charge in [0.15, 0.2) is 0 Å². The van der Waals surface area contributed by atoms with Crippen LogP contribution in [-0.2, 0) is 4.74 Å². The maximum absolute atomic E-state index is 6.07. The molecular formula is C14H28N2O. The van der Waals surface area contributed by atoms with Gasteiger partial charge in [0.05, 0.1) is 13.2 Å². The third kappa shape index (κ3) is 3.21. The fraction of sp³-hybridized carbons (Fsp3) is 1.00. The van der Waals surface area contributed by atoms with Gasteiger partial charge in [-0.05, 0) is 25.2 Å². The first-order valence-corrected chi connectivity index (χ1v) is 7.40. The van der Waals surface area contributed by atoms with Gasteiger partial charge in [-0.2, -0.15) is 0 Å². The van der Waals surface area contributed by atoms with E-state index in [0.717, 1.165) is 32.2 Å². The van der Waals surface area contributed by atoms with E-state index in [9.17, 15) is 0 Å². The van der Waals surface area contributed by atoms with Crippen molar-refractivity contribution in [3.8, 4) is 0 Å². The van der Waals surface area contributed by atoms with Gasteiger partial charge >= 0.3 is 0 Å². The molecule has 0 aromatic carbocycles. The quantitative estimate of drug-likeness (QED) is 0.817. The standard InChI is InChI=1S/C14H28N2O/c1-2-13-11-17-9-8-16(13)14(10-15)12-6-4-3-5-7-12/h12-14H,2-11,15H2,1H3. The highest BCUT2D eigenvalue weighted by atomic mass is 16.5. The normalized spacial score (nSPS) is 30.4. The van der Waals surface area contributed by atoms with Crippen LogP contribution in [-0.4, -0.2) is 43.3 Å². The van der Waals surface area contributed by atoms with E-state index in [0.29, 0.717) is 12.1 Å². The minimum atomic E-state index is 0.597. The molecule has 100 valence electrons. The molecule has 0 bridgehead atoms. The Balaban J connectivity index is 1.99. The van der Waals surface area contributed by atoms with Crippen LogP contribution < -0.4 is 5.73 Å². The lowest BCUT2D eigenvalue weighted by atomic mass is 9.82. The summed E-state index contributed by atoms with van der Waals surface area (Å²) in [5.41, 5.74) is 6.07. The maximum atomic E-state index is 6.07. The van der Waals surface area contributed by atoms with Crippen LogP contribution in [0.5, 0.6) is 0 Å². The van der Waals surface area contributed by atoms with Crippen LogP contribution in [0.25, 0.3) is 0 Å². The molecule has 0 aromatic rings. The molecule has 2 atom stereocenters. The number of nitrogens with two attached hydrogens (primary N) is 1. The first-order valence-electron chi connectivity index (χ1n) is 7.40. The average molecular weight is 240 g/mol. The summed E-state index contributed by atoms with van der Waals surface area (Å²) < 4.78 is 5.60. The zero-order valence-corrected chi connectivity index (χ0v) is 11.2. The molecular weight excluding hydrogens is 212 g/mol. The number of morpholine rings is 1. The van der Waals surface area contributed by atoms with Crippen molar-refractivity contribution in [3.05, 3.63) is 0 Å². The van der Waals surface area contributed by atoms with E-state index >= 15 is 0 Å². The van der Waals surface area contributed by atoms with Crippen molar-refractivity contribution >= 4 is 0 Å². The van der Waals surface area contributed by atoms with Crippen molar-refractivity contribution in [1.82, 2.24) is 4.90 Å². The SMILES string of the molecule is CCC1COCCN1C(CN)C1CCCCC1. The maximum Gasteiger partial charge on any atom is 0.0622 e. The third-order valence-corrected chi connectivity index (χ3v) is 4.61. The Hall–Kier alpha value is -0.120. The molecule has 2 unspecified atom stereocenters. The second kappa shape index (κ2) is 6.72. The first kappa shape index (κ1) is 13.3. The molecule has 2 fully saturated rings. The van der Waals surface area contributed by atoms with Gasteiger partial charge in [-0.1, -0.05) is 26.2 Å². The molecule has 0 aromatic heterocycles. The molecule has 2 rings (SSSR count). The van der Waals surface area contributed by atoms with Crippen molar-refractivity contribution in [2.24, 2.45) is 11.7 Å². The summed E-state index contributed by atoms with van der Waals surface area (Å²) in [7, 11) is 0. The van der Waals surface area contributed by atoms with Crippen LogP contribution in [0.2, 0.25) is 0 Å². The lowest BCUT2D eigenvalue weighted by Crippen LogP contribution is -2.55. The summed E-state index contributed by atoms with van der Waals surface area (Å²) in [6, 6.07) is 1.20. The number of nitrogens with zero attached hydrogens (tertiary/aromatic N) is 1. The Morgan fingerprint density at radius 1 is 1.29 bits per heavy atom. The molecule has 2 N–H and O–H groups in total. The van der Waals surface area contributed by atoms with Gasteiger partial charge in [0.25, 0.3) is 0 Å². The number of rotatable bonds is 4. The van der Waals surface area contributed by atoms with Crippen LogP contribution in [0, 0.1) is 5.92 Å². The molecule has 0 spiro atoms. The second-order valence-corrected chi connectivity index (χ2v) is 5.58. The molecule has 1 aliphatic heterocycles. The van der Waals surface area contributed by atoms with Gasteiger partial charge in [-0.25, -0.2) is 0 Å². The molecule has 3 nitrogen and oxygen atoms in total. The van der Waals surface area contributed by atoms with Crippen molar-refractivity contribution in [2.75, 3.05) is 26.3 Å². The minimum absolute atomic E-state index is 0.597. The van der Waals surface area contributed by atoms with Gasteiger partial charge in [0.2, 0.25) is 0 Å². The lowest BCUT2D eigenvalue weighted by Gasteiger charge is -2.44. The van der Waals surface area contributed by atoms with E-state index in [1.165, 1.54) is 38.5 Å². The molecule has 2 aliphatic rings. The molecule has 17 heavy (non-hydrogen) atoms. The van der Waals surface area contributed by atoms with E-state index in [4.69, 9.17) is 10.5 Å². The zero-order valence-electron chi connectivity index (χ0n) is 11.2. The van der Waals surface area contributed by atoms with Crippen LogP contribution in [0.3, 0.4) is 0 Å². The molecule has 1 saturated carbocycles. The Morgan fingerprint density at radius 2 is 2.06 bits per heavy atom.